The number of nitrogens with zero attached hydrogens (tertiary/aromatic N) is 2. The van der Waals surface area contributed by atoms with E-state index in [4.69, 9.17) is 4.42 Å². The van der Waals surface area contributed by atoms with Gasteiger partial charge in [-0.05, 0) is 42.7 Å². The maximum atomic E-state index is 5.65. The molecule has 3 rings (SSSR count). The predicted octanol–water partition coefficient (Wildman–Crippen LogP) is 4.07. The molecule has 0 fully saturated rings. The van der Waals surface area contributed by atoms with Gasteiger partial charge in [-0.1, -0.05) is 18.2 Å². The Hall–Kier alpha value is -2.27. The van der Waals surface area contributed by atoms with Gasteiger partial charge in [-0.15, -0.1) is 22.0 Å². The second-order valence-corrected chi connectivity index (χ2v) is 5.33. The van der Waals surface area contributed by atoms with Gasteiger partial charge in [0.15, 0.2) is 0 Å². The van der Waals surface area contributed by atoms with Crippen LogP contribution < -0.4 is 5.32 Å². The van der Waals surface area contributed by atoms with Crippen LogP contribution >= 0.6 is 11.8 Å². The van der Waals surface area contributed by atoms with Crippen molar-refractivity contribution >= 4 is 17.4 Å². The van der Waals surface area contributed by atoms with Crippen LogP contribution in [0.5, 0.6) is 0 Å². The van der Waals surface area contributed by atoms with E-state index in [0.717, 1.165) is 11.3 Å². The van der Waals surface area contributed by atoms with Gasteiger partial charge in [0, 0.05) is 16.1 Å². The van der Waals surface area contributed by atoms with Gasteiger partial charge in [-0.3, -0.25) is 0 Å². The lowest BCUT2D eigenvalue weighted by Crippen LogP contribution is -1.99. The molecule has 1 N–H and O–H groups in total. The van der Waals surface area contributed by atoms with Gasteiger partial charge in [0.2, 0.25) is 11.8 Å². The van der Waals surface area contributed by atoms with Crippen molar-refractivity contribution in [2.24, 2.45) is 0 Å². The maximum absolute atomic E-state index is 5.65. The molecule has 1 heterocycles. The number of benzene rings is 2. The van der Waals surface area contributed by atoms with Crippen molar-refractivity contribution in [2.75, 3.05) is 11.6 Å². The van der Waals surface area contributed by atoms with Crippen LogP contribution in [0.15, 0.2) is 63.9 Å². The molecule has 0 saturated carbocycles. The molecule has 5 heteroatoms. The molecular weight excluding hydrogens is 282 g/mol. The first kappa shape index (κ1) is 13.7. The summed E-state index contributed by atoms with van der Waals surface area (Å²) in [4.78, 5) is 1.24. The Labute approximate surface area is 127 Å². The van der Waals surface area contributed by atoms with E-state index in [1.54, 1.807) is 11.8 Å². The first-order valence-electron chi connectivity index (χ1n) is 6.61. The minimum atomic E-state index is 0.512. The number of nitrogens with one attached hydrogen (secondary N) is 1. The fourth-order valence-electron chi connectivity index (χ4n) is 1.91. The van der Waals surface area contributed by atoms with Crippen LogP contribution in [0.25, 0.3) is 11.5 Å². The van der Waals surface area contributed by atoms with Crippen LogP contribution in [0.3, 0.4) is 0 Å². The average Bonchev–Trinajstić information content (AvgIpc) is 3.03. The monoisotopic (exact) mass is 297 g/mol. The zero-order valence-corrected chi connectivity index (χ0v) is 12.4. The van der Waals surface area contributed by atoms with E-state index in [-0.39, 0.29) is 0 Å². The first-order valence-corrected chi connectivity index (χ1v) is 7.83. The molecule has 0 atom stereocenters. The second-order valence-electron chi connectivity index (χ2n) is 4.45. The van der Waals surface area contributed by atoms with Crippen molar-refractivity contribution < 1.29 is 4.42 Å². The zero-order valence-electron chi connectivity index (χ0n) is 11.6. The van der Waals surface area contributed by atoms with Gasteiger partial charge in [0.1, 0.15) is 0 Å². The lowest BCUT2D eigenvalue weighted by molar-refractivity contribution is 0.515. The van der Waals surface area contributed by atoms with Crippen LogP contribution in [0.1, 0.15) is 5.89 Å². The highest BCUT2D eigenvalue weighted by Gasteiger charge is 2.07. The summed E-state index contributed by atoms with van der Waals surface area (Å²) in [5, 5.41) is 11.4. The molecule has 0 unspecified atom stereocenters. The number of thioether (sulfide) groups is 1. The Balaban J connectivity index is 1.64. The summed E-state index contributed by atoms with van der Waals surface area (Å²) in [7, 11) is 0. The van der Waals surface area contributed by atoms with Gasteiger partial charge < -0.3 is 9.73 Å². The summed E-state index contributed by atoms with van der Waals surface area (Å²) >= 11 is 1.72. The van der Waals surface area contributed by atoms with Crippen molar-refractivity contribution in [3.8, 4) is 11.5 Å². The first-order chi connectivity index (χ1) is 10.3. The van der Waals surface area contributed by atoms with Crippen LogP contribution in [0.4, 0.5) is 5.69 Å². The lowest BCUT2D eigenvalue weighted by atomic mass is 10.2. The Morgan fingerprint density at radius 1 is 1.00 bits per heavy atom. The second kappa shape index (κ2) is 6.45. The van der Waals surface area contributed by atoms with Crippen LogP contribution in [0.2, 0.25) is 0 Å². The van der Waals surface area contributed by atoms with Crippen LogP contribution in [-0.2, 0) is 6.54 Å². The average molecular weight is 297 g/mol. The maximum Gasteiger partial charge on any atom is 0.247 e. The summed E-state index contributed by atoms with van der Waals surface area (Å²) in [6.07, 6.45) is 2.06. The normalized spacial score (nSPS) is 10.5. The molecule has 0 saturated heterocycles. The summed E-state index contributed by atoms with van der Waals surface area (Å²) in [6.45, 7) is 0.512. The molecule has 21 heavy (non-hydrogen) atoms. The van der Waals surface area contributed by atoms with E-state index in [1.165, 1.54) is 4.90 Å². The number of anilines is 1. The molecule has 0 bridgehead atoms. The Morgan fingerprint density at radius 3 is 2.48 bits per heavy atom. The van der Waals surface area contributed by atoms with E-state index >= 15 is 0 Å². The highest BCUT2D eigenvalue weighted by atomic mass is 32.2. The molecular formula is C16H15N3OS. The number of aromatic nitrogens is 2. The van der Waals surface area contributed by atoms with Crippen molar-refractivity contribution in [1.82, 2.24) is 10.2 Å². The molecule has 4 nitrogen and oxygen atoms in total. The standard InChI is InChI=1S/C16H15N3OS/c1-21-14-9-7-13(8-10-14)17-11-15-18-19-16(20-15)12-5-3-2-4-6-12/h2-10,17H,11H2,1H3. The predicted molar refractivity (Wildman–Crippen MR) is 85.3 cm³/mol. The topological polar surface area (TPSA) is 51.0 Å². The highest BCUT2D eigenvalue weighted by molar-refractivity contribution is 7.98. The lowest BCUT2D eigenvalue weighted by Gasteiger charge is -2.04. The Bertz CT molecular complexity index is 695. The number of hydrogen-bond donors (Lipinski definition) is 1. The largest absolute Gasteiger partial charge is 0.419 e. The zero-order chi connectivity index (χ0) is 14.5. The fourth-order valence-corrected chi connectivity index (χ4v) is 2.32. The number of rotatable bonds is 5. The molecule has 106 valence electrons. The molecule has 0 amide bonds. The molecule has 0 radical (unpaired) electrons. The van der Waals surface area contributed by atoms with E-state index in [0.29, 0.717) is 18.3 Å². The molecule has 3 aromatic rings. The van der Waals surface area contributed by atoms with E-state index in [2.05, 4.69) is 33.9 Å². The summed E-state index contributed by atoms with van der Waals surface area (Å²) in [6, 6.07) is 18.0. The summed E-state index contributed by atoms with van der Waals surface area (Å²) in [5.41, 5.74) is 1.97. The van der Waals surface area contributed by atoms with Gasteiger partial charge in [-0.2, -0.15) is 0 Å². The smallest absolute Gasteiger partial charge is 0.247 e. The van der Waals surface area contributed by atoms with Crippen LogP contribution in [-0.4, -0.2) is 16.5 Å². The molecule has 0 aliphatic carbocycles. The van der Waals surface area contributed by atoms with E-state index in [9.17, 15) is 0 Å². The molecule has 0 spiro atoms. The van der Waals surface area contributed by atoms with Crippen molar-refractivity contribution in [1.29, 1.82) is 0 Å². The van der Waals surface area contributed by atoms with E-state index < -0.39 is 0 Å². The highest BCUT2D eigenvalue weighted by Crippen LogP contribution is 2.19. The molecule has 1 aromatic heterocycles. The minimum Gasteiger partial charge on any atom is -0.419 e. The summed E-state index contributed by atoms with van der Waals surface area (Å²) < 4.78 is 5.65. The van der Waals surface area contributed by atoms with Gasteiger partial charge >= 0.3 is 0 Å². The van der Waals surface area contributed by atoms with Crippen molar-refractivity contribution in [2.45, 2.75) is 11.4 Å². The quantitative estimate of drug-likeness (QED) is 0.719. The van der Waals surface area contributed by atoms with Crippen LogP contribution in [0, 0.1) is 0 Å². The third kappa shape index (κ3) is 3.44. The Morgan fingerprint density at radius 2 is 1.76 bits per heavy atom. The minimum absolute atomic E-state index is 0.512. The molecule has 0 aliphatic rings. The molecule has 0 aliphatic heterocycles. The van der Waals surface area contributed by atoms with Crippen molar-refractivity contribution in [3.05, 3.63) is 60.5 Å². The van der Waals surface area contributed by atoms with E-state index in [1.807, 2.05) is 42.5 Å². The summed E-state index contributed by atoms with van der Waals surface area (Å²) in [5.74, 6) is 1.12. The van der Waals surface area contributed by atoms with Crippen molar-refractivity contribution in [3.63, 3.8) is 0 Å². The van der Waals surface area contributed by atoms with Gasteiger partial charge in [0.05, 0.1) is 6.54 Å². The fraction of sp³-hybridized carbons (Fsp3) is 0.125. The number of hydrogen-bond acceptors (Lipinski definition) is 5. The van der Waals surface area contributed by atoms with Gasteiger partial charge in [-0.25, -0.2) is 0 Å². The van der Waals surface area contributed by atoms with Gasteiger partial charge in [0.25, 0.3) is 0 Å². The Kier molecular flexibility index (Phi) is 4.21. The molecule has 2 aromatic carbocycles. The third-order valence-electron chi connectivity index (χ3n) is 3.02. The SMILES string of the molecule is CSc1ccc(NCc2nnc(-c3ccccc3)o2)cc1. The third-order valence-corrected chi connectivity index (χ3v) is 3.76.